The Hall–Kier alpha value is -2.36. The quantitative estimate of drug-likeness (QED) is 0.477. The monoisotopic (exact) mass is 397 g/mol. The Balaban J connectivity index is 1.71. The van der Waals surface area contributed by atoms with Crippen molar-refractivity contribution in [1.29, 1.82) is 0 Å². The van der Waals surface area contributed by atoms with Crippen molar-refractivity contribution in [2.75, 3.05) is 13.7 Å². The Labute approximate surface area is 171 Å². The molecular weight excluding hydrogens is 373 g/mol. The predicted molar refractivity (Wildman–Crippen MR) is 114 cm³/mol. The van der Waals surface area contributed by atoms with Gasteiger partial charge in [-0.15, -0.1) is 0 Å². The first-order valence-corrected chi connectivity index (χ1v) is 9.83. The van der Waals surface area contributed by atoms with E-state index >= 15 is 0 Å². The fraction of sp³-hybridized carbons (Fsp3) is 0.250. The third kappa shape index (κ3) is 5.34. The summed E-state index contributed by atoms with van der Waals surface area (Å²) in [6.45, 7) is 2.97. The summed E-state index contributed by atoms with van der Waals surface area (Å²) < 4.78 is 18.7. The molecule has 3 aromatic rings. The maximum atomic E-state index is 13.4. The van der Waals surface area contributed by atoms with Crippen molar-refractivity contribution in [3.8, 4) is 5.75 Å². The molecule has 0 radical (unpaired) electrons. The second kappa shape index (κ2) is 9.72. The number of hydrogen-bond acceptors (Lipinski definition) is 2. The van der Waals surface area contributed by atoms with Gasteiger partial charge in [-0.2, -0.15) is 0 Å². The summed E-state index contributed by atoms with van der Waals surface area (Å²) >= 11 is 5.97. The van der Waals surface area contributed by atoms with Gasteiger partial charge in [0.15, 0.2) is 0 Å². The lowest BCUT2D eigenvalue weighted by atomic mass is 9.88. The highest BCUT2D eigenvalue weighted by Crippen LogP contribution is 2.29. The van der Waals surface area contributed by atoms with Gasteiger partial charge >= 0.3 is 0 Å². The standard InChI is InChI=1S/C24H25ClFNO/c1-17(18-3-9-21(25)10-4-18)27-16-15-24(19-5-11-22(26)12-6-19)20-7-13-23(28-2)14-8-20/h3-14,17,24,27H,15-16H2,1-2H3/t17-,24+/m1/s1. The predicted octanol–water partition coefficient (Wildman–Crippen LogP) is 6.36. The highest BCUT2D eigenvalue weighted by molar-refractivity contribution is 6.30. The number of halogens is 2. The second-order valence-electron chi connectivity index (χ2n) is 6.89. The zero-order chi connectivity index (χ0) is 19.9. The molecular formula is C24H25ClFNO. The van der Waals surface area contributed by atoms with Gasteiger partial charge in [-0.05, 0) is 73.0 Å². The van der Waals surface area contributed by atoms with Crippen LogP contribution in [-0.2, 0) is 0 Å². The normalized spacial score (nSPS) is 13.1. The van der Waals surface area contributed by atoms with Gasteiger partial charge < -0.3 is 10.1 Å². The molecule has 0 aromatic heterocycles. The van der Waals surface area contributed by atoms with Crippen LogP contribution in [0.15, 0.2) is 72.8 Å². The molecule has 0 unspecified atom stereocenters. The highest BCUT2D eigenvalue weighted by Gasteiger charge is 2.15. The molecule has 28 heavy (non-hydrogen) atoms. The van der Waals surface area contributed by atoms with Crippen molar-refractivity contribution >= 4 is 11.6 Å². The Morgan fingerprint density at radius 3 is 1.96 bits per heavy atom. The average Bonchev–Trinajstić information content (AvgIpc) is 2.72. The molecule has 0 aliphatic carbocycles. The zero-order valence-corrected chi connectivity index (χ0v) is 16.9. The first kappa shape index (κ1) is 20.4. The maximum Gasteiger partial charge on any atom is 0.123 e. The third-order valence-corrected chi connectivity index (χ3v) is 5.30. The molecule has 0 heterocycles. The van der Waals surface area contributed by atoms with Crippen molar-refractivity contribution in [3.05, 3.63) is 100 Å². The fourth-order valence-corrected chi connectivity index (χ4v) is 3.50. The SMILES string of the molecule is COc1ccc([C@@H](CCN[C@H](C)c2ccc(Cl)cc2)c2ccc(F)cc2)cc1. The Morgan fingerprint density at radius 1 is 0.857 bits per heavy atom. The van der Waals surface area contributed by atoms with Crippen LogP contribution >= 0.6 is 11.6 Å². The lowest BCUT2D eigenvalue weighted by Crippen LogP contribution is -2.21. The van der Waals surface area contributed by atoms with E-state index in [0.29, 0.717) is 0 Å². The maximum absolute atomic E-state index is 13.4. The van der Waals surface area contributed by atoms with Crippen molar-refractivity contribution in [2.24, 2.45) is 0 Å². The molecule has 0 fully saturated rings. The minimum atomic E-state index is -0.216. The van der Waals surface area contributed by atoms with Crippen molar-refractivity contribution in [2.45, 2.75) is 25.3 Å². The highest BCUT2D eigenvalue weighted by atomic mass is 35.5. The summed E-state index contributed by atoms with van der Waals surface area (Å²) in [6, 6.07) is 23.0. The van der Waals surface area contributed by atoms with Gasteiger partial charge in [0, 0.05) is 17.0 Å². The summed E-state index contributed by atoms with van der Waals surface area (Å²) in [5.41, 5.74) is 3.49. The molecule has 1 N–H and O–H groups in total. The molecule has 2 atom stereocenters. The molecule has 0 amide bonds. The Morgan fingerprint density at radius 2 is 1.39 bits per heavy atom. The summed E-state index contributed by atoms with van der Waals surface area (Å²) in [4.78, 5) is 0. The van der Waals surface area contributed by atoms with Crippen LogP contribution in [0.5, 0.6) is 5.75 Å². The van der Waals surface area contributed by atoms with Crippen LogP contribution in [0.1, 0.15) is 42.0 Å². The van der Waals surface area contributed by atoms with Crippen molar-refractivity contribution in [3.63, 3.8) is 0 Å². The lowest BCUT2D eigenvalue weighted by Gasteiger charge is -2.21. The molecule has 0 aliphatic heterocycles. The van der Waals surface area contributed by atoms with E-state index in [-0.39, 0.29) is 17.8 Å². The lowest BCUT2D eigenvalue weighted by molar-refractivity contribution is 0.414. The number of ether oxygens (including phenoxy) is 1. The van der Waals surface area contributed by atoms with Crippen LogP contribution in [0, 0.1) is 5.82 Å². The van der Waals surface area contributed by atoms with E-state index in [1.807, 2.05) is 48.5 Å². The Bertz CT molecular complexity index is 863. The molecule has 3 rings (SSSR count). The molecule has 0 aliphatic rings. The van der Waals surface area contributed by atoms with Gasteiger partial charge in [-0.3, -0.25) is 0 Å². The van der Waals surface area contributed by atoms with Crippen LogP contribution in [0.3, 0.4) is 0 Å². The first-order valence-electron chi connectivity index (χ1n) is 9.45. The van der Waals surface area contributed by atoms with Crippen LogP contribution < -0.4 is 10.1 Å². The molecule has 0 saturated carbocycles. The first-order chi connectivity index (χ1) is 13.6. The van der Waals surface area contributed by atoms with Crippen molar-refractivity contribution < 1.29 is 9.13 Å². The topological polar surface area (TPSA) is 21.3 Å². The minimum Gasteiger partial charge on any atom is -0.497 e. The van der Waals surface area contributed by atoms with Gasteiger partial charge in [0.25, 0.3) is 0 Å². The molecule has 0 bridgehead atoms. The summed E-state index contributed by atoms with van der Waals surface area (Å²) in [5.74, 6) is 0.791. The summed E-state index contributed by atoms with van der Waals surface area (Å²) in [6.07, 6.45) is 0.899. The number of hydrogen-bond donors (Lipinski definition) is 1. The second-order valence-corrected chi connectivity index (χ2v) is 7.33. The molecule has 0 spiro atoms. The van der Waals surface area contributed by atoms with Crippen molar-refractivity contribution in [1.82, 2.24) is 5.32 Å². The number of rotatable bonds is 8. The zero-order valence-electron chi connectivity index (χ0n) is 16.2. The molecule has 146 valence electrons. The summed E-state index contributed by atoms with van der Waals surface area (Å²) in [7, 11) is 1.66. The number of benzene rings is 3. The van der Waals surface area contributed by atoms with Gasteiger partial charge in [0.2, 0.25) is 0 Å². The third-order valence-electron chi connectivity index (χ3n) is 5.04. The van der Waals surface area contributed by atoms with Gasteiger partial charge in [-0.1, -0.05) is 48.0 Å². The minimum absolute atomic E-state index is 0.177. The number of methoxy groups -OCH3 is 1. The number of nitrogens with one attached hydrogen (secondary N) is 1. The van der Waals surface area contributed by atoms with E-state index in [2.05, 4.69) is 24.4 Å². The van der Waals surface area contributed by atoms with Crippen LogP contribution in [0.4, 0.5) is 4.39 Å². The van der Waals surface area contributed by atoms with Gasteiger partial charge in [0.1, 0.15) is 11.6 Å². The van der Waals surface area contributed by atoms with E-state index < -0.39 is 0 Å². The van der Waals surface area contributed by atoms with Gasteiger partial charge in [0.05, 0.1) is 7.11 Å². The Kier molecular flexibility index (Phi) is 7.07. The summed E-state index contributed by atoms with van der Waals surface area (Å²) in [5, 5.41) is 4.32. The largest absolute Gasteiger partial charge is 0.497 e. The van der Waals surface area contributed by atoms with E-state index in [4.69, 9.17) is 16.3 Å². The van der Waals surface area contributed by atoms with Crippen LogP contribution in [-0.4, -0.2) is 13.7 Å². The fourth-order valence-electron chi connectivity index (χ4n) is 3.37. The van der Waals surface area contributed by atoms with Crippen LogP contribution in [0.25, 0.3) is 0 Å². The van der Waals surface area contributed by atoms with Crippen LogP contribution in [0.2, 0.25) is 5.02 Å². The smallest absolute Gasteiger partial charge is 0.123 e. The van der Waals surface area contributed by atoms with E-state index in [1.165, 1.54) is 23.3 Å². The molecule has 4 heteroatoms. The van der Waals surface area contributed by atoms with E-state index in [1.54, 1.807) is 7.11 Å². The molecule has 3 aromatic carbocycles. The average molecular weight is 398 g/mol. The van der Waals surface area contributed by atoms with Gasteiger partial charge in [-0.25, -0.2) is 4.39 Å². The van der Waals surface area contributed by atoms with E-state index in [9.17, 15) is 4.39 Å². The molecule has 0 saturated heterocycles. The molecule has 2 nitrogen and oxygen atoms in total. The van der Waals surface area contributed by atoms with E-state index in [0.717, 1.165) is 29.3 Å².